The molecule has 3 N–H and O–H groups in total. The zero-order valence-electron chi connectivity index (χ0n) is 16.2. The van der Waals surface area contributed by atoms with Gasteiger partial charge in [0.2, 0.25) is 0 Å². The highest BCUT2D eigenvalue weighted by atomic mass is 19.4. The molecular formula is C23H25F3N2O. The van der Waals surface area contributed by atoms with Crippen LogP contribution in [0, 0.1) is 5.92 Å². The predicted molar refractivity (Wildman–Crippen MR) is 107 cm³/mol. The summed E-state index contributed by atoms with van der Waals surface area (Å²) in [7, 11) is 0. The van der Waals surface area contributed by atoms with Crippen molar-refractivity contribution >= 4 is 11.4 Å². The van der Waals surface area contributed by atoms with E-state index < -0.39 is 11.7 Å². The van der Waals surface area contributed by atoms with Crippen LogP contribution in [0.15, 0.2) is 36.4 Å². The number of alkyl halides is 3. The molecule has 0 amide bonds. The molecule has 0 spiro atoms. The Labute approximate surface area is 168 Å². The molecule has 2 fully saturated rings. The molecule has 1 aliphatic heterocycles. The van der Waals surface area contributed by atoms with Gasteiger partial charge in [-0.15, -0.1) is 0 Å². The minimum atomic E-state index is -4.44. The van der Waals surface area contributed by atoms with Crippen molar-refractivity contribution in [3.8, 4) is 5.75 Å². The highest BCUT2D eigenvalue weighted by Gasteiger charge is 2.54. The topological polar surface area (TPSA) is 49.5 Å². The van der Waals surface area contributed by atoms with Crippen molar-refractivity contribution in [1.82, 2.24) is 0 Å². The molecular weight excluding hydrogens is 377 g/mol. The Morgan fingerprint density at radius 3 is 2.69 bits per heavy atom. The van der Waals surface area contributed by atoms with Crippen molar-refractivity contribution in [2.75, 3.05) is 17.2 Å². The number of nitrogens with two attached hydrogens (primary N) is 1. The van der Waals surface area contributed by atoms with Crippen molar-refractivity contribution in [3.63, 3.8) is 0 Å². The first-order valence-corrected chi connectivity index (χ1v) is 10.4. The Hall–Kier alpha value is -2.37. The Morgan fingerprint density at radius 2 is 1.90 bits per heavy atom. The number of phenols is 1. The van der Waals surface area contributed by atoms with Crippen molar-refractivity contribution < 1.29 is 18.3 Å². The third-order valence-corrected chi connectivity index (χ3v) is 7.46. The lowest BCUT2D eigenvalue weighted by atomic mass is 9.52. The SMILES string of the molecule is Nc1ccc(N2CC[C@@]34CCCC[C@@H]3[C@@H]2Cc2ccc(O)cc24)c(C(F)(F)F)c1. The maximum absolute atomic E-state index is 13.8. The molecule has 5 rings (SSSR count). The van der Waals surface area contributed by atoms with Crippen LogP contribution in [0.2, 0.25) is 0 Å². The van der Waals surface area contributed by atoms with Gasteiger partial charge in [0.05, 0.1) is 5.56 Å². The summed E-state index contributed by atoms with van der Waals surface area (Å²) >= 11 is 0. The minimum absolute atomic E-state index is 0.0298. The number of phenolic OH excluding ortho intramolecular Hbond substituents is 1. The van der Waals surface area contributed by atoms with Crippen molar-refractivity contribution in [2.24, 2.45) is 5.92 Å². The minimum Gasteiger partial charge on any atom is -0.508 e. The Kier molecular flexibility index (Phi) is 4.06. The smallest absolute Gasteiger partial charge is 0.418 e. The first-order chi connectivity index (χ1) is 13.8. The molecule has 2 aliphatic carbocycles. The summed E-state index contributed by atoms with van der Waals surface area (Å²) in [5, 5.41) is 10.1. The summed E-state index contributed by atoms with van der Waals surface area (Å²) < 4.78 is 41.4. The third kappa shape index (κ3) is 2.79. The van der Waals surface area contributed by atoms with E-state index >= 15 is 0 Å². The fourth-order valence-corrected chi connectivity index (χ4v) is 6.32. The van der Waals surface area contributed by atoms with Crippen LogP contribution in [0.5, 0.6) is 5.75 Å². The Morgan fingerprint density at radius 1 is 1.07 bits per heavy atom. The van der Waals surface area contributed by atoms with Crippen LogP contribution >= 0.6 is 0 Å². The van der Waals surface area contributed by atoms with E-state index in [1.807, 2.05) is 17.0 Å². The second-order valence-corrected chi connectivity index (χ2v) is 8.84. The number of piperidine rings is 1. The van der Waals surface area contributed by atoms with Gasteiger partial charge in [-0.05, 0) is 73.1 Å². The number of fused-ring (bicyclic) bond motifs is 1. The molecule has 1 saturated carbocycles. The van der Waals surface area contributed by atoms with E-state index in [1.54, 1.807) is 18.2 Å². The van der Waals surface area contributed by atoms with E-state index in [0.717, 1.165) is 38.2 Å². The highest BCUT2D eigenvalue weighted by Crippen LogP contribution is 2.57. The normalized spacial score (nSPS) is 28.6. The summed E-state index contributed by atoms with van der Waals surface area (Å²) in [6.07, 6.45) is 1.39. The van der Waals surface area contributed by atoms with E-state index in [-0.39, 0.29) is 28.6 Å². The van der Waals surface area contributed by atoms with Crippen LogP contribution in [0.25, 0.3) is 0 Å². The second kappa shape index (κ2) is 6.31. The maximum Gasteiger partial charge on any atom is 0.418 e. The number of rotatable bonds is 1. The molecule has 3 nitrogen and oxygen atoms in total. The predicted octanol–water partition coefficient (Wildman–Crippen LogP) is 5.26. The summed E-state index contributed by atoms with van der Waals surface area (Å²) in [6, 6.07) is 9.77. The van der Waals surface area contributed by atoms with E-state index in [9.17, 15) is 18.3 Å². The van der Waals surface area contributed by atoms with E-state index in [0.29, 0.717) is 18.9 Å². The molecule has 2 aromatic carbocycles. The lowest BCUT2D eigenvalue weighted by Gasteiger charge is -2.59. The lowest BCUT2D eigenvalue weighted by molar-refractivity contribution is -0.137. The summed E-state index contributed by atoms with van der Waals surface area (Å²) in [4.78, 5) is 1.99. The van der Waals surface area contributed by atoms with Gasteiger partial charge < -0.3 is 15.7 Å². The number of hydrogen-bond acceptors (Lipinski definition) is 3. The monoisotopic (exact) mass is 402 g/mol. The van der Waals surface area contributed by atoms with Crippen LogP contribution in [0.4, 0.5) is 24.5 Å². The molecule has 0 radical (unpaired) electrons. The molecule has 154 valence electrons. The quantitative estimate of drug-likeness (QED) is 0.640. The van der Waals surface area contributed by atoms with Crippen molar-refractivity contribution in [3.05, 3.63) is 53.1 Å². The van der Waals surface area contributed by atoms with Crippen molar-refractivity contribution in [1.29, 1.82) is 0 Å². The first kappa shape index (κ1) is 18.6. The van der Waals surface area contributed by atoms with E-state index in [4.69, 9.17) is 5.73 Å². The summed E-state index contributed by atoms with van der Waals surface area (Å²) in [5.74, 6) is 0.583. The molecule has 3 aliphatic rings. The molecule has 3 atom stereocenters. The van der Waals surface area contributed by atoms with Gasteiger partial charge in [-0.1, -0.05) is 18.9 Å². The van der Waals surface area contributed by atoms with Gasteiger partial charge in [0.1, 0.15) is 5.75 Å². The number of nitrogens with zero attached hydrogens (tertiary/aromatic N) is 1. The number of halogens is 3. The molecule has 0 aromatic heterocycles. The highest BCUT2D eigenvalue weighted by molar-refractivity contribution is 5.63. The molecule has 2 bridgehead atoms. The largest absolute Gasteiger partial charge is 0.508 e. The second-order valence-electron chi connectivity index (χ2n) is 8.84. The molecule has 29 heavy (non-hydrogen) atoms. The Balaban J connectivity index is 1.64. The zero-order valence-corrected chi connectivity index (χ0v) is 16.2. The first-order valence-electron chi connectivity index (χ1n) is 10.4. The van der Waals surface area contributed by atoms with Crippen LogP contribution in [0.3, 0.4) is 0 Å². The fourth-order valence-electron chi connectivity index (χ4n) is 6.32. The number of nitrogen functional groups attached to an aromatic ring is 1. The van der Waals surface area contributed by atoms with E-state index in [1.165, 1.54) is 11.1 Å². The number of aromatic hydroxyl groups is 1. The lowest BCUT2D eigenvalue weighted by Crippen LogP contribution is -2.61. The summed E-state index contributed by atoms with van der Waals surface area (Å²) in [5.41, 5.74) is 7.80. The Bertz CT molecular complexity index is 958. The maximum atomic E-state index is 13.8. The molecule has 1 heterocycles. The van der Waals surface area contributed by atoms with Crippen molar-refractivity contribution in [2.45, 2.75) is 56.2 Å². The van der Waals surface area contributed by atoms with Gasteiger partial charge in [-0.2, -0.15) is 13.2 Å². The number of benzene rings is 2. The average molecular weight is 402 g/mol. The van der Waals surface area contributed by atoms with Gasteiger partial charge >= 0.3 is 6.18 Å². The van der Waals surface area contributed by atoms with Crippen LogP contribution in [0.1, 0.15) is 48.8 Å². The standard InChI is InChI=1S/C23H25F3N2O/c24-23(25,26)19-12-15(27)5-7-20(19)28-10-9-22-8-2-1-3-17(22)21(28)11-14-4-6-16(29)13-18(14)22/h4-7,12-13,17,21,29H,1-3,8-11,27H2/t17-,21+,22+/m1/s1. The van der Waals surface area contributed by atoms with Gasteiger partial charge in [0, 0.05) is 29.4 Å². The summed E-state index contributed by atoms with van der Waals surface area (Å²) in [6.45, 7) is 0.587. The number of anilines is 2. The molecule has 2 aromatic rings. The zero-order chi connectivity index (χ0) is 20.4. The molecule has 0 unspecified atom stereocenters. The van der Waals surface area contributed by atoms with Crippen LogP contribution in [-0.4, -0.2) is 17.7 Å². The van der Waals surface area contributed by atoms with Crippen LogP contribution < -0.4 is 10.6 Å². The molecule has 1 saturated heterocycles. The van der Waals surface area contributed by atoms with Gasteiger partial charge in [-0.3, -0.25) is 0 Å². The average Bonchev–Trinajstić information content (AvgIpc) is 2.68. The third-order valence-electron chi connectivity index (χ3n) is 7.46. The van der Waals surface area contributed by atoms with Gasteiger partial charge in [0.15, 0.2) is 0 Å². The van der Waals surface area contributed by atoms with Gasteiger partial charge in [-0.25, -0.2) is 0 Å². The van der Waals surface area contributed by atoms with E-state index in [2.05, 4.69) is 0 Å². The molecule has 6 heteroatoms. The van der Waals surface area contributed by atoms with Gasteiger partial charge in [0.25, 0.3) is 0 Å². The van der Waals surface area contributed by atoms with Crippen LogP contribution in [-0.2, 0) is 18.0 Å². The fraction of sp³-hybridized carbons (Fsp3) is 0.478. The number of hydrogen-bond donors (Lipinski definition) is 2.